The molecule has 0 spiro atoms. The Morgan fingerprint density at radius 1 is 1.18 bits per heavy atom. The summed E-state index contributed by atoms with van der Waals surface area (Å²) in [6, 6.07) is 13.2. The molecule has 266 valence electrons. The fraction of sp³-hybridized carbons (Fsp3) is 0.487. The number of hydrogen-bond acceptors (Lipinski definition) is 10. The SMILES string of the molecule is COCC(=O)O[C@]1(C(=O)SCC#N)CC[C@H]2[C@@H]3CCC4=Cc5c(cnn5-c5cccc(C(=O)NCc6cccnc6)c5)C[C@]4(C)[C@H]3[C@@H](O)C[C@@]21C. The number of allylic oxidation sites excluding steroid dienone is 1. The summed E-state index contributed by atoms with van der Waals surface area (Å²) < 4.78 is 13.0. The Kier molecular flexibility index (Phi) is 9.41. The molecule has 0 unspecified atom stereocenters. The van der Waals surface area contributed by atoms with Crippen molar-refractivity contribution in [3.63, 3.8) is 0 Å². The van der Waals surface area contributed by atoms with Crippen LogP contribution in [-0.4, -0.2) is 68.0 Å². The molecule has 7 atom stereocenters. The van der Waals surface area contributed by atoms with Crippen molar-refractivity contribution in [3.05, 3.63) is 82.9 Å². The number of hydrogen-bond donors (Lipinski definition) is 2. The minimum absolute atomic E-state index is 0.0380. The minimum atomic E-state index is -1.44. The number of aliphatic hydroxyl groups is 1. The highest BCUT2D eigenvalue weighted by atomic mass is 32.2. The van der Waals surface area contributed by atoms with Gasteiger partial charge in [0.2, 0.25) is 5.12 Å². The molecule has 2 aromatic heterocycles. The van der Waals surface area contributed by atoms with Gasteiger partial charge < -0.3 is 19.9 Å². The van der Waals surface area contributed by atoms with Gasteiger partial charge in [-0.3, -0.25) is 14.6 Å². The van der Waals surface area contributed by atoms with Gasteiger partial charge in [-0.1, -0.05) is 43.3 Å². The van der Waals surface area contributed by atoms with Gasteiger partial charge in [0.25, 0.3) is 5.91 Å². The molecule has 3 fully saturated rings. The first-order valence-electron chi connectivity index (χ1n) is 17.5. The number of carbonyl (C=O) groups is 3. The number of pyridine rings is 1. The Labute approximate surface area is 301 Å². The number of thioether (sulfide) groups is 1. The van der Waals surface area contributed by atoms with E-state index in [0.717, 1.165) is 47.1 Å². The van der Waals surface area contributed by atoms with Crippen molar-refractivity contribution in [1.82, 2.24) is 20.1 Å². The van der Waals surface area contributed by atoms with Gasteiger partial charge in [0.1, 0.15) is 6.61 Å². The Morgan fingerprint density at radius 3 is 2.78 bits per heavy atom. The third-order valence-corrected chi connectivity index (χ3v) is 13.1. The summed E-state index contributed by atoms with van der Waals surface area (Å²) in [6.07, 6.45) is 10.5. The smallest absolute Gasteiger partial charge is 0.333 e. The number of rotatable bonds is 9. The number of amides is 1. The molecule has 51 heavy (non-hydrogen) atoms. The van der Waals surface area contributed by atoms with Crippen LogP contribution in [0.4, 0.5) is 0 Å². The average Bonchev–Trinajstić information content (AvgIpc) is 3.66. The van der Waals surface area contributed by atoms with E-state index in [-0.39, 0.29) is 46.6 Å². The van der Waals surface area contributed by atoms with Gasteiger partial charge in [-0.15, -0.1) is 0 Å². The number of carbonyl (C=O) groups excluding carboxylic acids is 3. The Bertz CT molecular complexity index is 1920. The molecule has 12 heteroatoms. The number of aromatic nitrogens is 3. The van der Waals surface area contributed by atoms with E-state index in [1.165, 1.54) is 12.7 Å². The zero-order valence-electron chi connectivity index (χ0n) is 29.1. The predicted octanol–water partition coefficient (Wildman–Crippen LogP) is 5.06. The topological polar surface area (TPSA) is 156 Å². The van der Waals surface area contributed by atoms with Crippen molar-refractivity contribution < 1.29 is 29.0 Å². The van der Waals surface area contributed by atoms with E-state index in [1.807, 2.05) is 54.2 Å². The third kappa shape index (κ3) is 5.89. The summed E-state index contributed by atoms with van der Waals surface area (Å²) in [5.41, 5.74) is 2.99. The van der Waals surface area contributed by atoms with Crippen LogP contribution in [-0.2, 0) is 32.0 Å². The fourth-order valence-electron chi connectivity index (χ4n) is 10.0. The average molecular weight is 710 g/mol. The molecule has 2 heterocycles. The molecule has 4 aliphatic carbocycles. The van der Waals surface area contributed by atoms with Gasteiger partial charge in [0.15, 0.2) is 5.60 Å². The molecule has 3 aromatic rings. The van der Waals surface area contributed by atoms with Crippen LogP contribution in [0.25, 0.3) is 11.8 Å². The Hall–Kier alpha value is -4.31. The Morgan fingerprint density at radius 2 is 2.02 bits per heavy atom. The van der Waals surface area contributed by atoms with Crippen LogP contribution in [0, 0.1) is 39.9 Å². The van der Waals surface area contributed by atoms with Gasteiger partial charge in [-0.2, -0.15) is 10.4 Å². The van der Waals surface area contributed by atoms with Crippen LogP contribution in [0.1, 0.15) is 73.1 Å². The largest absolute Gasteiger partial charge is 0.448 e. The number of ether oxygens (including phenoxy) is 2. The lowest BCUT2D eigenvalue weighted by molar-refractivity contribution is -0.198. The van der Waals surface area contributed by atoms with Crippen molar-refractivity contribution in [2.45, 2.75) is 70.6 Å². The van der Waals surface area contributed by atoms with Gasteiger partial charge in [0, 0.05) is 37.0 Å². The first-order valence-corrected chi connectivity index (χ1v) is 18.5. The summed E-state index contributed by atoms with van der Waals surface area (Å²) in [4.78, 5) is 43.9. The summed E-state index contributed by atoms with van der Waals surface area (Å²) in [6.45, 7) is 4.35. The molecule has 1 aromatic carbocycles. The van der Waals surface area contributed by atoms with E-state index in [0.29, 0.717) is 37.8 Å². The number of nitrogens with zero attached hydrogens (tertiary/aromatic N) is 4. The molecule has 1 amide bonds. The molecule has 0 aliphatic heterocycles. The highest BCUT2D eigenvalue weighted by Crippen LogP contribution is 2.68. The maximum absolute atomic E-state index is 13.9. The quantitative estimate of drug-likeness (QED) is 0.288. The summed E-state index contributed by atoms with van der Waals surface area (Å²) in [5.74, 6) is -0.747. The van der Waals surface area contributed by atoms with Crippen molar-refractivity contribution in [3.8, 4) is 11.8 Å². The van der Waals surface area contributed by atoms with Crippen LogP contribution in [0.3, 0.4) is 0 Å². The molecule has 11 nitrogen and oxygen atoms in total. The van der Waals surface area contributed by atoms with Crippen LogP contribution < -0.4 is 5.32 Å². The van der Waals surface area contributed by atoms with Crippen LogP contribution in [0.2, 0.25) is 0 Å². The molecule has 0 saturated heterocycles. The number of fused-ring (bicyclic) bond motifs is 6. The zero-order chi connectivity index (χ0) is 36.0. The predicted molar refractivity (Wildman–Crippen MR) is 190 cm³/mol. The number of methoxy groups -OCH3 is 1. The van der Waals surface area contributed by atoms with Crippen molar-refractivity contribution in [1.29, 1.82) is 5.26 Å². The third-order valence-electron chi connectivity index (χ3n) is 12.2. The molecule has 3 saturated carbocycles. The summed E-state index contributed by atoms with van der Waals surface area (Å²) in [5, 5.41) is 28.8. The second-order valence-electron chi connectivity index (χ2n) is 14.9. The molecule has 7 rings (SSSR count). The standard InChI is InChI=1S/C39H43N5O6S/c1-37-18-26-22-43-44(28-8-4-7-25(16-28)35(47)42-21-24-6-5-14-41-20-24)31(26)17-27(37)9-10-29-30-11-12-39(36(48)51-15-13-40,50-33(46)23-49-3)38(30,2)19-32(45)34(29)37/h4-8,14,16-17,20,22,29-30,32,34,45H,9-12,15,18-19,21,23H2,1-3H3,(H,42,47)/t29-,30-,32-,34+,37-,38-,39-/m0/s1. The number of esters is 1. The van der Waals surface area contributed by atoms with Crippen LogP contribution >= 0.6 is 11.8 Å². The van der Waals surface area contributed by atoms with E-state index in [9.17, 15) is 24.8 Å². The second-order valence-corrected chi connectivity index (χ2v) is 15.8. The molecular weight excluding hydrogens is 667 g/mol. The van der Waals surface area contributed by atoms with E-state index < -0.39 is 23.1 Å². The highest BCUT2D eigenvalue weighted by Gasteiger charge is 2.70. The highest BCUT2D eigenvalue weighted by molar-refractivity contribution is 8.14. The van der Waals surface area contributed by atoms with E-state index in [4.69, 9.17) is 14.6 Å². The lowest BCUT2D eigenvalue weighted by atomic mass is 9.45. The van der Waals surface area contributed by atoms with Crippen molar-refractivity contribution >= 4 is 34.8 Å². The molecular formula is C39H43N5O6S. The first-order chi connectivity index (χ1) is 24.5. The van der Waals surface area contributed by atoms with Gasteiger partial charge in [-0.05, 0) is 103 Å². The first kappa shape index (κ1) is 35.1. The Balaban J connectivity index is 1.15. The van der Waals surface area contributed by atoms with E-state index in [2.05, 4.69) is 23.3 Å². The van der Waals surface area contributed by atoms with Gasteiger partial charge >= 0.3 is 5.97 Å². The number of nitriles is 1. The molecule has 0 bridgehead atoms. The van der Waals surface area contributed by atoms with Gasteiger partial charge in [-0.25, -0.2) is 9.48 Å². The summed E-state index contributed by atoms with van der Waals surface area (Å²) >= 11 is 0.889. The normalized spacial score (nSPS) is 30.5. The van der Waals surface area contributed by atoms with Crippen molar-refractivity contribution in [2.75, 3.05) is 19.5 Å². The van der Waals surface area contributed by atoms with E-state index >= 15 is 0 Å². The number of nitrogens with one attached hydrogen (secondary N) is 1. The molecule has 4 aliphatic rings. The lowest BCUT2D eigenvalue weighted by Crippen LogP contribution is -2.62. The maximum Gasteiger partial charge on any atom is 0.333 e. The second kappa shape index (κ2) is 13.7. The van der Waals surface area contributed by atoms with E-state index in [1.54, 1.807) is 18.5 Å². The molecule has 2 N–H and O–H groups in total. The zero-order valence-corrected chi connectivity index (χ0v) is 29.9. The van der Waals surface area contributed by atoms with Crippen molar-refractivity contribution in [2.24, 2.45) is 28.6 Å². The lowest BCUT2D eigenvalue weighted by Gasteiger charge is -2.60. The number of benzene rings is 1. The summed E-state index contributed by atoms with van der Waals surface area (Å²) in [7, 11) is 1.41. The minimum Gasteiger partial charge on any atom is -0.448 e. The monoisotopic (exact) mass is 709 g/mol. The maximum atomic E-state index is 13.9. The number of aliphatic hydroxyl groups excluding tert-OH is 1. The van der Waals surface area contributed by atoms with Crippen LogP contribution in [0.5, 0.6) is 0 Å². The van der Waals surface area contributed by atoms with Crippen LogP contribution in [0.15, 0.2) is 60.6 Å². The van der Waals surface area contributed by atoms with Gasteiger partial charge in [0.05, 0.1) is 35.5 Å². The molecule has 0 radical (unpaired) electrons. The fourth-order valence-corrected chi connectivity index (χ4v) is 10.9.